The van der Waals surface area contributed by atoms with Gasteiger partial charge in [-0.15, -0.1) is 0 Å². The average molecular weight is 402 g/mol. The number of nitrogens with one attached hydrogen (secondary N) is 2. The summed E-state index contributed by atoms with van der Waals surface area (Å²) in [6.07, 6.45) is 0. The van der Waals surface area contributed by atoms with E-state index in [2.05, 4.69) is 10.6 Å². The summed E-state index contributed by atoms with van der Waals surface area (Å²) in [4.78, 5) is 36.8. The van der Waals surface area contributed by atoms with E-state index in [1.807, 2.05) is 0 Å². The maximum absolute atomic E-state index is 12.4. The Morgan fingerprint density at radius 1 is 0.800 bits per heavy atom. The molecule has 1 unspecified atom stereocenters. The average Bonchev–Trinajstić information content (AvgIpc) is 2.78. The van der Waals surface area contributed by atoms with Crippen LogP contribution in [0.25, 0.3) is 0 Å². The molecule has 0 heterocycles. The summed E-state index contributed by atoms with van der Waals surface area (Å²) < 4.78 is 0. The van der Waals surface area contributed by atoms with Crippen molar-refractivity contribution >= 4 is 29.0 Å². The highest BCUT2D eigenvalue weighted by Crippen LogP contribution is 2.18. The molecule has 0 fully saturated rings. The lowest BCUT2D eigenvalue weighted by atomic mass is 10.0. The Labute approximate surface area is 174 Å². The summed E-state index contributed by atoms with van der Waals surface area (Å²) in [5.74, 6) is -1.30. The maximum Gasteiger partial charge on any atom is 0.255 e. The van der Waals surface area contributed by atoms with Crippen LogP contribution in [0.1, 0.15) is 26.3 Å². The van der Waals surface area contributed by atoms with Gasteiger partial charge in [-0.3, -0.25) is 14.4 Å². The van der Waals surface area contributed by atoms with Crippen molar-refractivity contribution in [3.05, 3.63) is 95.6 Å². The number of rotatable bonds is 7. The zero-order valence-electron chi connectivity index (χ0n) is 16.2. The lowest BCUT2D eigenvalue weighted by Crippen LogP contribution is -2.45. The molecule has 2 amide bonds. The highest BCUT2D eigenvalue weighted by molar-refractivity contribution is 6.13. The van der Waals surface area contributed by atoms with Crippen LogP contribution in [0.5, 0.6) is 0 Å². The van der Waals surface area contributed by atoms with Crippen LogP contribution in [-0.4, -0.2) is 23.6 Å². The molecule has 7 nitrogen and oxygen atoms in total. The predicted molar refractivity (Wildman–Crippen MR) is 116 cm³/mol. The van der Waals surface area contributed by atoms with Crippen LogP contribution >= 0.6 is 0 Å². The van der Waals surface area contributed by atoms with Crippen molar-refractivity contribution in [2.24, 2.45) is 5.73 Å². The lowest BCUT2D eigenvalue weighted by Gasteiger charge is -2.12. The Morgan fingerprint density at radius 3 is 2.10 bits per heavy atom. The van der Waals surface area contributed by atoms with Crippen molar-refractivity contribution in [1.29, 1.82) is 0 Å². The zero-order valence-corrected chi connectivity index (χ0v) is 16.2. The summed E-state index contributed by atoms with van der Waals surface area (Å²) in [7, 11) is 0. The van der Waals surface area contributed by atoms with Gasteiger partial charge < -0.3 is 22.1 Å². The number of nitrogen functional groups attached to an aromatic ring is 1. The number of amides is 2. The number of para-hydroxylation sites is 2. The van der Waals surface area contributed by atoms with Gasteiger partial charge in [-0.05, 0) is 29.8 Å². The molecule has 0 bridgehead atoms. The quantitative estimate of drug-likeness (QED) is 0.274. The zero-order chi connectivity index (χ0) is 21.5. The van der Waals surface area contributed by atoms with Crippen LogP contribution in [0.3, 0.4) is 0 Å². The molecule has 7 heteroatoms. The summed E-state index contributed by atoms with van der Waals surface area (Å²) in [6.45, 7) is 0.183. The van der Waals surface area contributed by atoms with E-state index in [-0.39, 0.29) is 12.5 Å². The largest absolute Gasteiger partial charge is 0.397 e. The monoisotopic (exact) mass is 402 g/mol. The van der Waals surface area contributed by atoms with Crippen molar-refractivity contribution in [1.82, 2.24) is 5.32 Å². The topological polar surface area (TPSA) is 127 Å². The van der Waals surface area contributed by atoms with Gasteiger partial charge in [-0.1, -0.05) is 54.6 Å². The van der Waals surface area contributed by atoms with Crippen LogP contribution in [0, 0.1) is 0 Å². The van der Waals surface area contributed by atoms with E-state index in [1.54, 1.807) is 78.9 Å². The number of hydrogen-bond donors (Lipinski definition) is 4. The molecule has 0 spiro atoms. The van der Waals surface area contributed by atoms with Gasteiger partial charge in [0.15, 0.2) is 5.78 Å². The van der Waals surface area contributed by atoms with Crippen molar-refractivity contribution in [3.8, 4) is 0 Å². The molecular formula is C23H22N4O3. The van der Waals surface area contributed by atoms with Gasteiger partial charge in [0.25, 0.3) is 5.91 Å². The first-order valence-electron chi connectivity index (χ1n) is 9.33. The van der Waals surface area contributed by atoms with Crippen molar-refractivity contribution in [3.63, 3.8) is 0 Å². The molecule has 30 heavy (non-hydrogen) atoms. The van der Waals surface area contributed by atoms with E-state index in [0.717, 1.165) is 5.56 Å². The van der Waals surface area contributed by atoms with Crippen LogP contribution in [0.4, 0.5) is 11.4 Å². The highest BCUT2D eigenvalue weighted by Gasteiger charge is 2.22. The van der Waals surface area contributed by atoms with Gasteiger partial charge in [0.1, 0.15) is 6.04 Å². The third-order valence-corrected chi connectivity index (χ3v) is 4.52. The first kappa shape index (κ1) is 20.8. The molecule has 3 aromatic rings. The van der Waals surface area contributed by atoms with E-state index in [9.17, 15) is 14.4 Å². The first-order chi connectivity index (χ1) is 14.5. The number of ketones is 1. The minimum atomic E-state index is -1.28. The van der Waals surface area contributed by atoms with Crippen LogP contribution in [0.2, 0.25) is 0 Å². The number of Topliss-reactive ketones (excluding diaryl/α,β-unsaturated/α-hetero) is 1. The number of nitrogens with two attached hydrogens (primary N) is 2. The van der Waals surface area contributed by atoms with Crippen molar-refractivity contribution in [2.45, 2.75) is 12.6 Å². The fourth-order valence-electron chi connectivity index (χ4n) is 2.78. The molecule has 152 valence electrons. The Morgan fingerprint density at radius 2 is 1.43 bits per heavy atom. The molecule has 1 atom stereocenters. The second-order valence-corrected chi connectivity index (χ2v) is 6.66. The Bertz CT molecular complexity index is 1050. The SMILES string of the molecule is Nc1ccccc1NC(=O)c1ccc(CNC(=O)C(N)C(=O)c2ccccc2)cc1. The summed E-state index contributed by atoms with van der Waals surface area (Å²) >= 11 is 0. The van der Waals surface area contributed by atoms with Gasteiger partial charge in [-0.25, -0.2) is 0 Å². The van der Waals surface area contributed by atoms with Gasteiger partial charge in [0, 0.05) is 17.7 Å². The molecule has 0 radical (unpaired) electrons. The second-order valence-electron chi connectivity index (χ2n) is 6.66. The van der Waals surface area contributed by atoms with Crippen molar-refractivity contribution in [2.75, 3.05) is 11.1 Å². The Kier molecular flexibility index (Phi) is 6.56. The number of hydrogen-bond acceptors (Lipinski definition) is 5. The standard InChI is InChI=1S/C23H22N4O3/c24-18-8-4-5-9-19(18)27-22(29)17-12-10-15(11-13-17)14-26-23(30)20(25)21(28)16-6-2-1-3-7-16/h1-13,20H,14,24-25H2,(H,26,30)(H,27,29). The maximum atomic E-state index is 12.4. The highest BCUT2D eigenvalue weighted by atomic mass is 16.2. The summed E-state index contributed by atoms with van der Waals surface area (Å²) in [5, 5.41) is 5.39. The first-order valence-corrected chi connectivity index (χ1v) is 9.33. The van der Waals surface area contributed by atoms with E-state index >= 15 is 0 Å². The number of carbonyl (C=O) groups excluding carboxylic acids is 3. The lowest BCUT2D eigenvalue weighted by molar-refractivity contribution is -0.121. The van der Waals surface area contributed by atoms with Gasteiger partial charge in [-0.2, -0.15) is 0 Å². The fourth-order valence-corrected chi connectivity index (χ4v) is 2.78. The van der Waals surface area contributed by atoms with E-state index in [4.69, 9.17) is 11.5 Å². The van der Waals surface area contributed by atoms with Crippen LogP contribution in [0.15, 0.2) is 78.9 Å². The minimum Gasteiger partial charge on any atom is -0.397 e. The van der Waals surface area contributed by atoms with E-state index in [0.29, 0.717) is 22.5 Å². The van der Waals surface area contributed by atoms with Gasteiger partial charge >= 0.3 is 0 Å². The smallest absolute Gasteiger partial charge is 0.255 e. The number of anilines is 2. The number of carbonyl (C=O) groups is 3. The van der Waals surface area contributed by atoms with E-state index < -0.39 is 17.7 Å². The molecule has 3 rings (SSSR count). The molecule has 3 aromatic carbocycles. The fraction of sp³-hybridized carbons (Fsp3) is 0.0870. The molecular weight excluding hydrogens is 380 g/mol. The van der Waals surface area contributed by atoms with E-state index in [1.165, 1.54) is 0 Å². The van der Waals surface area contributed by atoms with Gasteiger partial charge in [0.05, 0.1) is 11.4 Å². The van der Waals surface area contributed by atoms with Crippen LogP contribution < -0.4 is 22.1 Å². The minimum absolute atomic E-state index is 0.183. The molecule has 0 aliphatic rings. The third kappa shape index (κ3) is 5.09. The number of benzene rings is 3. The molecule has 0 aliphatic carbocycles. The molecule has 0 saturated carbocycles. The third-order valence-electron chi connectivity index (χ3n) is 4.52. The molecule has 0 aliphatic heterocycles. The van der Waals surface area contributed by atoms with Crippen LogP contribution in [-0.2, 0) is 11.3 Å². The molecule has 0 saturated heterocycles. The van der Waals surface area contributed by atoms with Crippen molar-refractivity contribution < 1.29 is 14.4 Å². The Hall–Kier alpha value is -3.97. The Balaban J connectivity index is 1.55. The predicted octanol–water partition coefficient (Wildman–Crippen LogP) is 2.35. The van der Waals surface area contributed by atoms with Gasteiger partial charge in [0.2, 0.25) is 5.91 Å². The summed E-state index contributed by atoms with van der Waals surface area (Å²) in [6, 6.07) is 20.9. The second kappa shape index (κ2) is 9.49. The molecule has 0 aromatic heterocycles. The summed E-state index contributed by atoms with van der Waals surface area (Å²) in [5.41, 5.74) is 14.2. The normalized spacial score (nSPS) is 11.4. The molecule has 6 N–H and O–H groups in total.